The second-order valence-corrected chi connectivity index (χ2v) is 9.44. The molecule has 148 valence electrons. The third kappa shape index (κ3) is 5.75. The van der Waals surface area contributed by atoms with Gasteiger partial charge in [0.2, 0.25) is 0 Å². The Morgan fingerprint density at radius 1 is 1.04 bits per heavy atom. The summed E-state index contributed by atoms with van der Waals surface area (Å²) in [5, 5.41) is 0.0310. The quantitative estimate of drug-likeness (QED) is 0.738. The molecule has 0 aliphatic heterocycles. The van der Waals surface area contributed by atoms with E-state index in [1.807, 2.05) is 4.72 Å². The number of benzene rings is 2. The van der Waals surface area contributed by atoms with Crippen molar-refractivity contribution in [2.75, 3.05) is 17.6 Å². The average molecular weight is 444 g/mol. The largest absolute Gasteiger partial charge is 0.482 e. The Bertz CT molecular complexity index is 1050. The Morgan fingerprint density at radius 2 is 1.63 bits per heavy atom. The maximum atomic E-state index is 12.6. The topological polar surface area (TPSA) is 89.5 Å². The van der Waals surface area contributed by atoms with Crippen LogP contribution in [0.1, 0.15) is 0 Å². The van der Waals surface area contributed by atoms with E-state index >= 15 is 0 Å². The third-order valence-electron chi connectivity index (χ3n) is 3.12. The van der Waals surface area contributed by atoms with Crippen molar-refractivity contribution in [1.29, 1.82) is 0 Å². The molecule has 0 unspecified atom stereocenters. The van der Waals surface area contributed by atoms with Gasteiger partial charge in [0.1, 0.15) is 10.6 Å². The summed E-state index contributed by atoms with van der Waals surface area (Å²) in [6.07, 6.45) is -3.81. The number of anilines is 1. The van der Waals surface area contributed by atoms with Gasteiger partial charge in [-0.15, -0.1) is 0 Å². The van der Waals surface area contributed by atoms with Crippen LogP contribution in [0.5, 0.6) is 5.75 Å². The zero-order chi connectivity index (χ0) is 20.5. The zero-order valence-electron chi connectivity index (χ0n) is 13.6. The summed E-state index contributed by atoms with van der Waals surface area (Å²) in [6.45, 7) is -1.65. The number of hydrogen-bond acceptors (Lipinski definition) is 5. The van der Waals surface area contributed by atoms with Crippen LogP contribution in [0.3, 0.4) is 0 Å². The van der Waals surface area contributed by atoms with Crippen molar-refractivity contribution in [2.24, 2.45) is 0 Å². The maximum absolute atomic E-state index is 12.6. The lowest BCUT2D eigenvalue weighted by atomic mass is 10.3. The molecule has 0 saturated heterocycles. The predicted molar refractivity (Wildman–Crippen MR) is 93.4 cm³/mol. The van der Waals surface area contributed by atoms with Crippen LogP contribution < -0.4 is 9.46 Å². The van der Waals surface area contributed by atoms with Gasteiger partial charge in [0.15, 0.2) is 16.4 Å². The van der Waals surface area contributed by atoms with E-state index in [1.165, 1.54) is 18.2 Å². The summed E-state index contributed by atoms with van der Waals surface area (Å²) in [5.74, 6) is -0.419. The Balaban J connectivity index is 2.46. The van der Waals surface area contributed by atoms with Crippen molar-refractivity contribution in [3.05, 3.63) is 47.5 Å². The van der Waals surface area contributed by atoms with Crippen LogP contribution in [0.15, 0.2) is 52.3 Å². The van der Waals surface area contributed by atoms with Crippen LogP contribution in [-0.2, 0) is 19.9 Å². The first kappa shape index (κ1) is 21.3. The molecule has 0 bridgehead atoms. The smallest absolute Gasteiger partial charge is 0.422 e. The average Bonchev–Trinajstić information content (AvgIpc) is 2.52. The van der Waals surface area contributed by atoms with Crippen LogP contribution in [0.2, 0.25) is 5.02 Å². The van der Waals surface area contributed by atoms with Crippen LogP contribution in [0.4, 0.5) is 18.9 Å². The number of sulfone groups is 1. The summed E-state index contributed by atoms with van der Waals surface area (Å²) in [7, 11) is -8.35. The number of rotatable bonds is 6. The highest BCUT2D eigenvalue weighted by Crippen LogP contribution is 2.32. The molecule has 12 heteroatoms. The summed E-state index contributed by atoms with van der Waals surface area (Å²) < 4.78 is 92.7. The van der Waals surface area contributed by atoms with E-state index in [4.69, 9.17) is 11.6 Å². The molecule has 0 aliphatic carbocycles. The van der Waals surface area contributed by atoms with Crippen molar-refractivity contribution >= 4 is 37.1 Å². The van der Waals surface area contributed by atoms with E-state index in [1.54, 1.807) is 0 Å². The molecular formula is C15H13ClF3NO5S2. The lowest BCUT2D eigenvalue weighted by Crippen LogP contribution is -2.21. The van der Waals surface area contributed by atoms with Gasteiger partial charge < -0.3 is 4.74 Å². The maximum Gasteiger partial charge on any atom is 0.422 e. The molecule has 0 fully saturated rings. The molecule has 0 spiro atoms. The summed E-state index contributed by atoms with van der Waals surface area (Å²) >= 11 is 5.78. The molecule has 0 saturated carbocycles. The monoisotopic (exact) mass is 443 g/mol. The minimum Gasteiger partial charge on any atom is -0.482 e. The summed E-state index contributed by atoms with van der Waals surface area (Å²) in [4.78, 5) is -1.02. The first-order valence-corrected chi connectivity index (χ1v) is 10.9. The number of sulfonamides is 1. The highest BCUT2D eigenvalue weighted by molar-refractivity contribution is 7.95. The molecule has 0 heterocycles. The second-order valence-electron chi connectivity index (χ2n) is 5.37. The lowest BCUT2D eigenvalue weighted by Gasteiger charge is -2.16. The van der Waals surface area contributed by atoms with Crippen LogP contribution in [0.25, 0.3) is 0 Å². The number of hydrogen-bond donors (Lipinski definition) is 1. The van der Waals surface area contributed by atoms with Gasteiger partial charge in [-0.3, -0.25) is 4.72 Å². The molecule has 1 N–H and O–H groups in total. The molecule has 0 atom stereocenters. The molecule has 2 aromatic carbocycles. The third-order valence-corrected chi connectivity index (χ3v) is 6.06. The van der Waals surface area contributed by atoms with Gasteiger partial charge in [-0.2, -0.15) is 13.2 Å². The van der Waals surface area contributed by atoms with Gasteiger partial charge in [0.05, 0.1) is 10.6 Å². The molecule has 27 heavy (non-hydrogen) atoms. The van der Waals surface area contributed by atoms with E-state index in [9.17, 15) is 30.0 Å². The zero-order valence-corrected chi connectivity index (χ0v) is 16.0. The molecule has 2 aromatic rings. The normalized spacial score (nSPS) is 12.6. The number of alkyl halides is 3. The Hall–Kier alpha value is -1.98. The van der Waals surface area contributed by atoms with Gasteiger partial charge in [-0.1, -0.05) is 23.7 Å². The highest BCUT2D eigenvalue weighted by Gasteiger charge is 2.30. The summed E-state index contributed by atoms with van der Waals surface area (Å²) in [5.41, 5.74) is -0.366. The van der Waals surface area contributed by atoms with Crippen LogP contribution >= 0.6 is 11.6 Å². The van der Waals surface area contributed by atoms with Crippen LogP contribution in [0, 0.1) is 0 Å². The van der Waals surface area contributed by atoms with Gasteiger partial charge in [-0.05, 0) is 30.3 Å². The van der Waals surface area contributed by atoms with E-state index in [2.05, 4.69) is 4.74 Å². The molecule has 0 aliphatic rings. The van der Waals surface area contributed by atoms with E-state index in [-0.39, 0.29) is 10.7 Å². The van der Waals surface area contributed by atoms with Crippen molar-refractivity contribution in [2.45, 2.75) is 16.0 Å². The van der Waals surface area contributed by atoms with Crippen molar-refractivity contribution in [3.63, 3.8) is 0 Å². The number of nitrogens with one attached hydrogen (secondary N) is 1. The first-order chi connectivity index (χ1) is 12.3. The Labute approximate surface area is 158 Å². The van der Waals surface area contributed by atoms with E-state index in [0.29, 0.717) is 0 Å². The van der Waals surface area contributed by atoms with E-state index < -0.39 is 48.2 Å². The number of halogens is 4. The highest BCUT2D eigenvalue weighted by atomic mass is 35.5. The predicted octanol–water partition coefficient (Wildman–Crippen LogP) is 3.49. The second kappa shape index (κ2) is 7.56. The van der Waals surface area contributed by atoms with Gasteiger partial charge in [0, 0.05) is 11.3 Å². The minimum atomic E-state index is -4.64. The van der Waals surface area contributed by atoms with Crippen LogP contribution in [-0.4, -0.2) is 35.9 Å². The molecule has 0 radical (unpaired) electrons. The minimum absolute atomic E-state index is 0.0310. The molecular weight excluding hydrogens is 431 g/mol. The summed E-state index contributed by atoms with van der Waals surface area (Å²) in [6, 6.07) is 8.13. The van der Waals surface area contributed by atoms with Crippen molar-refractivity contribution in [3.8, 4) is 5.75 Å². The Morgan fingerprint density at radius 3 is 2.19 bits per heavy atom. The molecule has 6 nitrogen and oxygen atoms in total. The van der Waals surface area contributed by atoms with Crippen molar-refractivity contribution < 1.29 is 34.7 Å². The van der Waals surface area contributed by atoms with Crippen molar-refractivity contribution in [1.82, 2.24) is 0 Å². The molecule has 0 aromatic heterocycles. The fraction of sp³-hybridized carbons (Fsp3) is 0.200. The van der Waals surface area contributed by atoms with Gasteiger partial charge in [-0.25, -0.2) is 16.8 Å². The Kier molecular flexibility index (Phi) is 5.97. The van der Waals surface area contributed by atoms with Gasteiger partial charge in [0.25, 0.3) is 10.0 Å². The lowest BCUT2D eigenvalue weighted by molar-refractivity contribution is -0.153. The fourth-order valence-corrected chi connectivity index (χ4v) is 4.91. The standard InChI is InChI=1S/C15H13ClF3NO5S2/c1-26(21,22)13-4-2-3-5-14(13)27(23,24)20-11-8-10(16)6-7-12(11)25-9-15(17,18)19/h2-8,20H,9H2,1H3. The molecule has 0 amide bonds. The number of ether oxygens (including phenoxy) is 1. The van der Waals surface area contributed by atoms with Gasteiger partial charge >= 0.3 is 6.18 Å². The fourth-order valence-electron chi connectivity index (χ4n) is 2.05. The SMILES string of the molecule is CS(=O)(=O)c1ccccc1S(=O)(=O)Nc1cc(Cl)ccc1OCC(F)(F)F. The van der Waals surface area contributed by atoms with E-state index in [0.717, 1.165) is 30.5 Å². The first-order valence-electron chi connectivity index (χ1n) is 7.10. The molecule has 2 rings (SSSR count).